The number of carbonyl (C=O) groups is 4. The summed E-state index contributed by atoms with van der Waals surface area (Å²) in [6.45, 7) is 14.9. The normalized spacial score (nSPS) is 10.9. The number of aliphatic carboxylic acids is 2. The van der Waals surface area contributed by atoms with Gasteiger partial charge in [-0.15, -0.1) is 0 Å². The number of hydrogen-bond acceptors (Lipinski definition) is 7. The quantitative estimate of drug-likeness (QED) is 0.111. The molecule has 3 N–H and O–H groups in total. The monoisotopic (exact) mass is 586 g/mol. The third kappa shape index (κ3) is 21.6. The first-order chi connectivity index (χ1) is 19.9. The first-order valence-electron chi connectivity index (χ1n) is 13.7. The Balaban J connectivity index is 0. The van der Waals surface area contributed by atoms with E-state index in [0.717, 1.165) is 24.5 Å². The first kappa shape index (κ1) is 39.9. The predicted octanol–water partition coefficient (Wildman–Crippen LogP) is 6.16. The fourth-order valence-corrected chi connectivity index (χ4v) is 2.95. The lowest BCUT2D eigenvalue weighted by atomic mass is 9.97. The van der Waals surface area contributed by atoms with Gasteiger partial charge in [0, 0.05) is 35.3 Å². The fraction of sp³-hybridized carbons (Fsp3) is 0.394. The number of carbonyl (C=O) groups excluding carboxylic acids is 2. The molecule has 1 atom stereocenters. The van der Waals surface area contributed by atoms with E-state index in [1.165, 1.54) is 26.0 Å². The fourth-order valence-electron chi connectivity index (χ4n) is 2.95. The van der Waals surface area contributed by atoms with Gasteiger partial charge in [-0.05, 0) is 31.2 Å². The number of esters is 2. The zero-order valence-electron chi connectivity index (χ0n) is 25.0. The second-order valence-corrected chi connectivity index (χ2v) is 8.91. The number of benzene rings is 1. The second kappa shape index (κ2) is 25.7. The number of carboxylic acid groups (broad SMARTS) is 2. The lowest BCUT2D eigenvalue weighted by Crippen LogP contribution is -2.11. The predicted molar refractivity (Wildman–Crippen MR) is 165 cm³/mol. The Morgan fingerprint density at radius 3 is 2.07 bits per heavy atom. The van der Waals surface area contributed by atoms with E-state index in [2.05, 4.69) is 31.4 Å². The van der Waals surface area contributed by atoms with Crippen molar-refractivity contribution in [2.45, 2.75) is 58.8 Å². The van der Waals surface area contributed by atoms with Crippen LogP contribution in [0.2, 0.25) is 0 Å². The summed E-state index contributed by atoms with van der Waals surface area (Å²) in [6.07, 6.45) is 11.8. The molecule has 0 bridgehead atoms. The summed E-state index contributed by atoms with van der Waals surface area (Å²) in [4.78, 5) is 42.8. The molecule has 0 saturated carbocycles. The van der Waals surface area contributed by atoms with E-state index in [1.807, 2.05) is 49.4 Å². The molecule has 0 aromatic heterocycles. The van der Waals surface area contributed by atoms with Crippen LogP contribution in [0.5, 0.6) is 0 Å². The minimum absolute atomic E-state index is 0.128. The van der Waals surface area contributed by atoms with Crippen LogP contribution in [0, 0.1) is 5.92 Å². The first-order valence-corrected chi connectivity index (χ1v) is 13.7. The number of allylic oxidation sites excluding steroid dienone is 2. The van der Waals surface area contributed by atoms with Crippen molar-refractivity contribution in [1.29, 1.82) is 0 Å². The molecular formula is C33H46O9. The molecular weight excluding hydrogens is 540 g/mol. The molecule has 1 aromatic rings. The molecule has 0 saturated heterocycles. The van der Waals surface area contributed by atoms with Gasteiger partial charge in [0.25, 0.3) is 0 Å². The Hall–Kier alpha value is -4.24. The van der Waals surface area contributed by atoms with Crippen LogP contribution in [-0.4, -0.2) is 59.5 Å². The van der Waals surface area contributed by atoms with Crippen LogP contribution in [0.4, 0.5) is 0 Å². The van der Waals surface area contributed by atoms with Gasteiger partial charge in [0.2, 0.25) is 0 Å². The summed E-state index contributed by atoms with van der Waals surface area (Å²) in [6, 6.07) is 9.89. The number of methoxy groups -OCH3 is 1. The summed E-state index contributed by atoms with van der Waals surface area (Å²) < 4.78 is 9.55. The van der Waals surface area contributed by atoms with Crippen LogP contribution in [0.25, 0.3) is 6.08 Å². The van der Waals surface area contributed by atoms with Crippen molar-refractivity contribution in [3.8, 4) is 0 Å². The molecule has 9 nitrogen and oxygen atoms in total. The number of rotatable bonds is 17. The zero-order chi connectivity index (χ0) is 32.3. The van der Waals surface area contributed by atoms with Crippen molar-refractivity contribution in [2.24, 2.45) is 5.92 Å². The SMILES string of the molecule is C=C(C(=O)O)C(C=CC(=O)O)CCO.C=C(CC)C(=O)OCCCCCC.C=C(CC=Cc1ccccc1)C(=O)OC. The third-order valence-corrected chi connectivity index (χ3v) is 5.53. The van der Waals surface area contributed by atoms with Gasteiger partial charge in [-0.3, -0.25) is 0 Å². The molecule has 0 radical (unpaired) electrons. The highest BCUT2D eigenvalue weighted by molar-refractivity contribution is 5.88. The molecule has 1 aromatic carbocycles. The summed E-state index contributed by atoms with van der Waals surface area (Å²) >= 11 is 0. The van der Waals surface area contributed by atoms with Crippen LogP contribution in [0.15, 0.2) is 85.0 Å². The maximum Gasteiger partial charge on any atom is 0.333 e. The van der Waals surface area contributed by atoms with E-state index in [9.17, 15) is 19.2 Å². The number of unbranched alkanes of at least 4 members (excludes halogenated alkanes) is 3. The lowest BCUT2D eigenvalue weighted by Gasteiger charge is -2.09. The number of carboxylic acids is 2. The molecule has 0 spiro atoms. The number of aliphatic hydroxyl groups is 1. The highest BCUT2D eigenvalue weighted by Crippen LogP contribution is 2.15. The molecule has 232 valence electrons. The maximum atomic E-state index is 11.1. The van der Waals surface area contributed by atoms with Gasteiger partial charge < -0.3 is 24.8 Å². The van der Waals surface area contributed by atoms with Crippen LogP contribution in [0.3, 0.4) is 0 Å². The van der Waals surface area contributed by atoms with Crippen LogP contribution < -0.4 is 0 Å². The topological polar surface area (TPSA) is 147 Å². The van der Waals surface area contributed by atoms with Crippen molar-refractivity contribution in [1.82, 2.24) is 0 Å². The molecule has 0 fully saturated rings. The average Bonchev–Trinajstić information content (AvgIpc) is 2.98. The van der Waals surface area contributed by atoms with Crippen LogP contribution >= 0.6 is 0 Å². The van der Waals surface area contributed by atoms with Crippen LogP contribution in [0.1, 0.15) is 64.4 Å². The second-order valence-electron chi connectivity index (χ2n) is 8.91. The summed E-state index contributed by atoms with van der Waals surface area (Å²) in [5, 5.41) is 25.5. The molecule has 0 heterocycles. The van der Waals surface area contributed by atoms with E-state index in [-0.39, 0.29) is 30.5 Å². The lowest BCUT2D eigenvalue weighted by molar-refractivity contribution is -0.139. The van der Waals surface area contributed by atoms with E-state index >= 15 is 0 Å². The van der Waals surface area contributed by atoms with Crippen molar-refractivity contribution in [3.63, 3.8) is 0 Å². The molecule has 0 aliphatic carbocycles. The van der Waals surface area contributed by atoms with Gasteiger partial charge in [0.1, 0.15) is 0 Å². The molecule has 0 aliphatic rings. The third-order valence-electron chi connectivity index (χ3n) is 5.53. The van der Waals surface area contributed by atoms with E-state index < -0.39 is 17.9 Å². The van der Waals surface area contributed by atoms with Gasteiger partial charge in [-0.25, -0.2) is 19.2 Å². The highest BCUT2D eigenvalue weighted by Gasteiger charge is 2.15. The molecule has 0 amide bonds. The van der Waals surface area contributed by atoms with Crippen LogP contribution in [-0.2, 0) is 28.7 Å². The molecule has 1 rings (SSSR count). The minimum Gasteiger partial charge on any atom is -0.478 e. The highest BCUT2D eigenvalue weighted by atomic mass is 16.5. The Kier molecular flexibility index (Phi) is 24.4. The molecule has 1 unspecified atom stereocenters. The van der Waals surface area contributed by atoms with Crippen molar-refractivity contribution in [3.05, 3.63) is 90.6 Å². The maximum absolute atomic E-state index is 11.1. The minimum atomic E-state index is -1.20. The zero-order valence-corrected chi connectivity index (χ0v) is 25.0. The Labute approximate surface area is 249 Å². The Morgan fingerprint density at radius 1 is 0.929 bits per heavy atom. The Morgan fingerprint density at radius 2 is 1.57 bits per heavy atom. The molecule has 42 heavy (non-hydrogen) atoms. The van der Waals surface area contributed by atoms with E-state index in [0.29, 0.717) is 30.6 Å². The van der Waals surface area contributed by atoms with Gasteiger partial charge in [-0.1, -0.05) is 101 Å². The van der Waals surface area contributed by atoms with Crippen molar-refractivity contribution < 1.29 is 44.0 Å². The van der Waals surface area contributed by atoms with Crippen molar-refractivity contribution >= 4 is 30.0 Å². The standard InChI is InChI=1S/C13H14O2.C11H20O2.C9H12O5/c1-11(13(14)15-2)7-6-10-12-8-4-3-5-9-12;1-4-6-7-8-9-13-11(12)10(3)5-2;1-6(9(13)14)7(4-5-10)2-3-8(11)12/h3-6,8-10H,1,7H2,2H3;3-9H2,1-2H3;2-3,7,10H,1,4-5H2,(H,11,12)(H,13,14). The molecule has 9 heteroatoms. The average molecular weight is 587 g/mol. The van der Waals surface area contributed by atoms with Gasteiger partial charge >= 0.3 is 23.9 Å². The number of aliphatic hydroxyl groups excluding tert-OH is 1. The van der Waals surface area contributed by atoms with Gasteiger partial charge in [-0.2, -0.15) is 0 Å². The van der Waals surface area contributed by atoms with E-state index in [1.54, 1.807) is 0 Å². The smallest absolute Gasteiger partial charge is 0.333 e. The summed E-state index contributed by atoms with van der Waals surface area (Å²) in [5.74, 6) is -3.59. The van der Waals surface area contributed by atoms with E-state index in [4.69, 9.17) is 20.1 Å². The largest absolute Gasteiger partial charge is 0.478 e. The Bertz CT molecular complexity index is 1050. The van der Waals surface area contributed by atoms with Crippen molar-refractivity contribution in [2.75, 3.05) is 20.3 Å². The number of hydrogen-bond donors (Lipinski definition) is 3. The van der Waals surface area contributed by atoms with Gasteiger partial charge in [0.05, 0.1) is 13.7 Å². The summed E-state index contributed by atoms with van der Waals surface area (Å²) in [7, 11) is 1.36. The molecule has 0 aliphatic heterocycles. The van der Waals surface area contributed by atoms with Gasteiger partial charge in [0.15, 0.2) is 0 Å². The summed E-state index contributed by atoms with van der Waals surface area (Å²) in [5.41, 5.74) is 2.01. The number of ether oxygens (including phenoxy) is 2.